The summed E-state index contributed by atoms with van der Waals surface area (Å²) in [5.41, 5.74) is 2.19. The summed E-state index contributed by atoms with van der Waals surface area (Å²) in [4.78, 5) is 11.7. The molecule has 94 valence electrons. The van der Waals surface area contributed by atoms with Crippen molar-refractivity contribution in [2.24, 2.45) is 5.92 Å². The third kappa shape index (κ3) is 4.89. The number of hydrogen-bond acceptors (Lipinski definition) is 2. The van der Waals surface area contributed by atoms with E-state index in [9.17, 15) is 4.79 Å². The van der Waals surface area contributed by atoms with Crippen LogP contribution < -0.4 is 10.6 Å². The Hall–Kier alpha value is -1.51. The first-order valence-electron chi connectivity index (χ1n) is 6.10. The zero-order valence-electron chi connectivity index (χ0n) is 11.1. The van der Waals surface area contributed by atoms with Crippen molar-refractivity contribution in [1.82, 2.24) is 5.32 Å². The molecule has 0 saturated heterocycles. The summed E-state index contributed by atoms with van der Waals surface area (Å²) in [6.07, 6.45) is 0. The van der Waals surface area contributed by atoms with E-state index >= 15 is 0 Å². The van der Waals surface area contributed by atoms with Gasteiger partial charge in [-0.25, -0.2) is 0 Å². The van der Waals surface area contributed by atoms with E-state index in [1.165, 1.54) is 5.56 Å². The molecule has 3 nitrogen and oxygen atoms in total. The van der Waals surface area contributed by atoms with E-state index in [-0.39, 0.29) is 11.9 Å². The van der Waals surface area contributed by atoms with E-state index in [2.05, 4.69) is 24.5 Å². The fourth-order valence-electron chi connectivity index (χ4n) is 1.42. The minimum absolute atomic E-state index is 0.0410. The molecule has 1 aromatic rings. The maximum Gasteiger partial charge on any atom is 0.242 e. The zero-order chi connectivity index (χ0) is 12.8. The first-order valence-corrected chi connectivity index (χ1v) is 6.10. The van der Waals surface area contributed by atoms with Crippen LogP contribution in [-0.2, 0) is 4.79 Å². The molecular weight excluding hydrogens is 212 g/mol. The second-order valence-corrected chi connectivity index (χ2v) is 4.87. The third-order valence-electron chi connectivity index (χ3n) is 2.51. The van der Waals surface area contributed by atoms with Gasteiger partial charge in [0.1, 0.15) is 6.04 Å². The van der Waals surface area contributed by atoms with Crippen molar-refractivity contribution >= 4 is 11.6 Å². The molecule has 2 N–H and O–H groups in total. The SMILES string of the molecule is Cc1ccc(N[C@H](C)C(=O)NCC(C)C)cc1. The van der Waals surface area contributed by atoms with Crippen LogP contribution in [0, 0.1) is 12.8 Å². The lowest BCUT2D eigenvalue weighted by Crippen LogP contribution is -2.39. The van der Waals surface area contributed by atoms with Gasteiger partial charge < -0.3 is 10.6 Å². The average molecular weight is 234 g/mol. The quantitative estimate of drug-likeness (QED) is 0.822. The van der Waals surface area contributed by atoms with E-state index < -0.39 is 0 Å². The molecule has 0 fully saturated rings. The lowest BCUT2D eigenvalue weighted by Gasteiger charge is -2.16. The van der Waals surface area contributed by atoms with E-state index in [1.54, 1.807) is 0 Å². The standard InChI is InChI=1S/C14H22N2O/c1-10(2)9-15-14(17)12(4)16-13-7-5-11(3)6-8-13/h5-8,10,12,16H,9H2,1-4H3,(H,15,17)/t12-/m1/s1. The van der Waals surface area contributed by atoms with Crippen LogP contribution >= 0.6 is 0 Å². The Bertz CT molecular complexity index is 357. The van der Waals surface area contributed by atoms with Crippen LogP contribution in [0.2, 0.25) is 0 Å². The molecule has 0 unspecified atom stereocenters. The molecule has 0 saturated carbocycles. The Labute approximate surface area is 104 Å². The monoisotopic (exact) mass is 234 g/mol. The summed E-state index contributed by atoms with van der Waals surface area (Å²) >= 11 is 0. The van der Waals surface area contributed by atoms with Crippen LogP contribution in [0.25, 0.3) is 0 Å². The molecule has 0 bridgehead atoms. The molecule has 0 heterocycles. The molecule has 0 aliphatic heterocycles. The van der Waals surface area contributed by atoms with Crippen LogP contribution in [0.15, 0.2) is 24.3 Å². The van der Waals surface area contributed by atoms with E-state index in [4.69, 9.17) is 0 Å². The second-order valence-electron chi connectivity index (χ2n) is 4.87. The lowest BCUT2D eigenvalue weighted by molar-refractivity contribution is -0.121. The number of hydrogen-bond donors (Lipinski definition) is 2. The zero-order valence-corrected chi connectivity index (χ0v) is 11.1. The van der Waals surface area contributed by atoms with Gasteiger partial charge in [-0.1, -0.05) is 31.5 Å². The molecule has 0 aliphatic carbocycles. The maximum absolute atomic E-state index is 11.7. The van der Waals surface area contributed by atoms with Crippen molar-refractivity contribution in [2.45, 2.75) is 33.7 Å². The number of carbonyl (C=O) groups is 1. The predicted octanol–water partition coefficient (Wildman–Crippen LogP) is 2.57. The summed E-state index contributed by atoms with van der Waals surface area (Å²) in [7, 11) is 0. The van der Waals surface area contributed by atoms with Gasteiger partial charge in [-0.15, -0.1) is 0 Å². The number of benzene rings is 1. The van der Waals surface area contributed by atoms with Gasteiger partial charge in [-0.05, 0) is 31.9 Å². The van der Waals surface area contributed by atoms with Gasteiger partial charge in [0.2, 0.25) is 5.91 Å². The van der Waals surface area contributed by atoms with E-state index in [0.717, 1.165) is 12.2 Å². The molecule has 17 heavy (non-hydrogen) atoms. The Morgan fingerprint density at radius 2 is 1.76 bits per heavy atom. The van der Waals surface area contributed by atoms with Gasteiger partial charge in [0.05, 0.1) is 0 Å². The number of amides is 1. The van der Waals surface area contributed by atoms with Crippen LogP contribution in [0.4, 0.5) is 5.69 Å². The number of anilines is 1. The Morgan fingerprint density at radius 3 is 2.29 bits per heavy atom. The number of aryl methyl sites for hydroxylation is 1. The molecule has 1 amide bonds. The summed E-state index contributed by atoms with van der Waals surface area (Å²) in [6.45, 7) is 8.80. The fourth-order valence-corrected chi connectivity index (χ4v) is 1.42. The maximum atomic E-state index is 11.7. The molecule has 1 rings (SSSR count). The van der Waals surface area contributed by atoms with Crippen molar-refractivity contribution in [2.75, 3.05) is 11.9 Å². The van der Waals surface area contributed by atoms with E-state index in [1.807, 2.05) is 38.1 Å². The summed E-state index contributed by atoms with van der Waals surface area (Å²) in [5.74, 6) is 0.518. The highest BCUT2D eigenvalue weighted by molar-refractivity contribution is 5.84. The molecule has 0 spiro atoms. The molecule has 0 radical (unpaired) electrons. The minimum Gasteiger partial charge on any atom is -0.374 e. The smallest absolute Gasteiger partial charge is 0.242 e. The molecule has 3 heteroatoms. The first-order chi connectivity index (χ1) is 7.99. The summed E-state index contributed by atoms with van der Waals surface area (Å²) in [5, 5.41) is 6.09. The average Bonchev–Trinajstić information content (AvgIpc) is 2.28. The van der Waals surface area contributed by atoms with Crippen molar-refractivity contribution < 1.29 is 4.79 Å². The van der Waals surface area contributed by atoms with Gasteiger partial charge >= 0.3 is 0 Å². The number of carbonyl (C=O) groups excluding carboxylic acids is 1. The van der Waals surface area contributed by atoms with Gasteiger partial charge in [0, 0.05) is 12.2 Å². The highest BCUT2D eigenvalue weighted by Gasteiger charge is 2.12. The topological polar surface area (TPSA) is 41.1 Å². The molecule has 0 aromatic heterocycles. The number of rotatable bonds is 5. The highest BCUT2D eigenvalue weighted by Crippen LogP contribution is 2.09. The minimum atomic E-state index is -0.212. The van der Waals surface area contributed by atoms with Crippen molar-refractivity contribution in [1.29, 1.82) is 0 Å². The van der Waals surface area contributed by atoms with E-state index in [0.29, 0.717) is 5.92 Å². The fraction of sp³-hybridized carbons (Fsp3) is 0.500. The van der Waals surface area contributed by atoms with Crippen LogP contribution in [0.5, 0.6) is 0 Å². The van der Waals surface area contributed by atoms with Crippen molar-refractivity contribution in [3.8, 4) is 0 Å². The third-order valence-corrected chi connectivity index (χ3v) is 2.51. The molecular formula is C14H22N2O. The summed E-state index contributed by atoms with van der Waals surface area (Å²) in [6, 6.07) is 7.82. The van der Waals surface area contributed by atoms with Crippen LogP contribution in [0.1, 0.15) is 26.3 Å². The number of nitrogens with one attached hydrogen (secondary N) is 2. The summed E-state index contributed by atoms with van der Waals surface area (Å²) < 4.78 is 0. The van der Waals surface area contributed by atoms with Gasteiger partial charge in [-0.3, -0.25) is 4.79 Å². The molecule has 1 aromatic carbocycles. The molecule has 0 aliphatic rings. The predicted molar refractivity (Wildman–Crippen MR) is 72.1 cm³/mol. The largest absolute Gasteiger partial charge is 0.374 e. The van der Waals surface area contributed by atoms with Gasteiger partial charge in [-0.2, -0.15) is 0 Å². The molecule has 1 atom stereocenters. The Morgan fingerprint density at radius 1 is 1.18 bits per heavy atom. The van der Waals surface area contributed by atoms with Gasteiger partial charge in [0.25, 0.3) is 0 Å². The lowest BCUT2D eigenvalue weighted by atomic mass is 10.2. The Balaban J connectivity index is 2.45. The van der Waals surface area contributed by atoms with Gasteiger partial charge in [0.15, 0.2) is 0 Å². The van der Waals surface area contributed by atoms with Crippen LogP contribution in [0.3, 0.4) is 0 Å². The first kappa shape index (κ1) is 13.6. The van der Waals surface area contributed by atoms with Crippen molar-refractivity contribution in [3.63, 3.8) is 0 Å². The van der Waals surface area contributed by atoms with Crippen molar-refractivity contribution in [3.05, 3.63) is 29.8 Å². The second kappa shape index (κ2) is 6.28. The Kier molecular flexibility index (Phi) is 5.01. The normalized spacial score (nSPS) is 12.3. The highest BCUT2D eigenvalue weighted by atomic mass is 16.2. The van der Waals surface area contributed by atoms with Crippen LogP contribution in [-0.4, -0.2) is 18.5 Å².